The lowest BCUT2D eigenvalue weighted by Crippen LogP contribution is -2.21. The Bertz CT molecular complexity index is 1210. The molecular weight excluding hydrogens is 348 g/mol. The summed E-state index contributed by atoms with van der Waals surface area (Å²) in [5.74, 6) is 1.44. The van der Waals surface area contributed by atoms with Crippen molar-refractivity contribution in [2.45, 2.75) is 32.6 Å². The van der Waals surface area contributed by atoms with Crippen LogP contribution in [-0.2, 0) is 6.42 Å². The number of fused-ring (bicyclic) bond motifs is 2. The van der Waals surface area contributed by atoms with E-state index in [1.54, 1.807) is 10.7 Å². The minimum atomic E-state index is 0.120. The third-order valence-corrected chi connectivity index (χ3v) is 5.41. The molecule has 0 spiro atoms. The Morgan fingerprint density at radius 3 is 2.57 bits per heavy atom. The first-order chi connectivity index (χ1) is 13.6. The summed E-state index contributed by atoms with van der Waals surface area (Å²) in [4.78, 5) is 22.1. The number of Topliss-reactive ketones (excluding diaryl/α,β-unsaturated/α-hetero) is 1. The average Bonchev–Trinajstić information content (AvgIpc) is 3.10. The molecule has 0 fully saturated rings. The molecule has 0 saturated carbocycles. The van der Waals surface area contributed by atoms with Crippen molar-refractivity contribution in [1.29, 1.82) is 0 Å². The highest BCUT2D eigenvalue weighted by Gasteiger charge is 2.28. The van der Waals surface area contributed by atoms with Crippen molar-refractivity contribution in [3.05, 3.63) is 82.7 Å². The van der Waals surface area contributed by atoms with Crippen LogP contribution in [0.4, 0.5) is 0 Å². The van der Waals surface area contributed by atoms with Crippen LogP contribution in [0.15, 0.2) is 54.7 Å². The third kappa shape index (κ3) is 2.89. The minimum Gasteiger partial charge on any atom is -0.294 e. The van der Waals surface area contributed by atoms with Gasteiger partial charge in [0.25, 0.3) is 5.78 Å². The molecule has 2 heterocycles. The molecule has 1 aliphatic rings. The van der Waals surface area contributed by atoms with Crippen molar-refractivity contribution in [1.82, 2.24) is 19.6 Å². The number of hydrogen-bond acceptors (Lipinski definition) is 4. The van der Waals surface area contributed by atoms with Crippen molar-refractivity contribution in [2.24, 2.45) is 0 Å². The highest BCUT2D eigenvalue weighted by molar-refractivity contribution is 5.98. The zero-order valence-electron chi connectivity index (χ0n) is 15.9. The maximum absolute atomic E-state index is 12.8. The number of aryl methyl sites for hydroxylation is 2. The van der Waals surface area contributed by atoms with E-state index in [9.17, 15) is 4.79 Å². The van der Waals surface area contributed by atoms with Gasteiger partial charge in [-0.25, -0.2) is 9.50 Å². The van der Waals surface area contributed by atoms with Gasteiger partial charge in [-0.15, -0.1) is 5.10 Å². The molecule has 5 rings (SSSR count). The molecule has 28 heavy (non-hydrogen) atoms. The second kappa shape index (κ2) is 6.37. The second-order valence-corrected chi connectivity index (χ2v) is 7.59. The van der Waals surface area contributed by atoms with Gasteiger partial charge >= 0.3 is 0 Å². The molecule has 0 bridgehead atoms. The van der Waals surface area contributed by atoms with E-state index in [2.05, 4.69) is 35.2 Å². The number of benzene rings is 2. The Hall–Kier alpha value is -3.34. The summed E-state index contributed by atoms with van der Waals surface area (Å²) < 4.78 is 1.62. The fourth-order valence-electron chi connectivity index (χ4n) is 3.87. The summed E-state index contributed by atoms with van der Waals surface area (Å²) in [6.45, 7) is 4.12. The van der Waals surface area contributed by atoms with Gasteiger partial charge < -0.3 is 0 Å². The van der Waals surface area contributed by atoms with Gasteiger partial charge in [-0.3, -0.25) is 4.79 Å². The molecule has 2 aromatic carbocycles. The van der Waals surface area contributed by atoms with Gasteiger partial charge in [0, 0.05) is 18.2 Å². The molecule has 1 aliphatic carbocycles. The average molecular weight is 368 g/mol. The summed E-state index contributed by atoms with van der Waals surface area (Å²) >= 11 is 0. The number of nitrogens with zero attached hydrogens (tertiary/aromatic N) is 4. The topological polar surface area (TPSA) is 60.1 Å². The second-order valence-electron chi connectivity index (χ2n) is 7.59. The zero-order valence-corrected chi connectivity index (χ0v) is 15.9. The molecular formula is C23H20N4O. The molecule has 138 valence electrons. The highest BCUT2D eigenvalue weighted by atomic mass is 16.1. The van der Waals surface area contributed by atoms with Gasteiger partial charge in [0.05, 0.1) is 11.3 Å². The van der Waals surface area contributed by atoms with E-state index in [0.717, 1.165) is 17.7 Å². The first-order valence-electron chi connectivity index (χ1n) is 9.50. The Morgan fingerprint density at radius 1 is 0.964 bits per heavy atom. The predicted octanol–water partition coefficient (Wildman–Crippen LogP) is 4.32. The molecule has 4 aromatic rings. The van der Waals surface area contributed by atoms with E-state index in [0.29, 0.717) is 23.6 Å². The molecule has 1 atom stereocenters. The summed E-state index contributed by atoms with van der Waals surface area (Å²) in [6.07, 6.45) is 3.04. The number of carbonyl (C=O) groups is 1. The number of rotatable bonds is 2. The van der Waals surface area contributed by atoms with E-state index in [1.807, 2.05) is 37.3 Å². The Kier molecular flexibility index (Phi) is 3.83. The van der Waals surface area contributed by atoms with Crippen molar-refractivity contribution in [3.63, 3.8) is 0 Å². The van der Waals surface area contributed by atoms with Crippen LogP contribution in [0.1, 0.15) is 45.1 Å². The zero-order chi connectivity index (χ0) is 19.3. The summed E-state index contributed by atoms with van der Waals surface area (Å²) in [7, 11) is 0. The number of aromatic nitrogens is 4. The third-order valence-electron chi connectivity index (χ3n) is 5.41. The summed E-state index contributed by atoms with van der Waals surface area (Å²) in [5, 5.41) is 4.53. The molecule has 0 unspecified atom stereocenters. The molecule has 2 aromatic heterocycles. The Labute approximate surface area is 163 Å². The van der Waals surface area contributed by atoms with Crippen LogP contribution in [-0.4, -0.2) is 25.4 Å². The van der Waals surface area contributed by atoms with Gasteiger partial charge in [0.2, 0.25) is 0 Å². The molecule has 0 amide bonds. The quantitative estimate of drug-likeness (QED) is 0.529. The van der Waals surface area contributed by atoms with E-state index in [1.165, 1.54) is 16.7 Å². The normalized spacial score (nSPS) is 16.4. The smallest absolute Gasteiger partial charge is 0.252 e. The van der Waals surface area contributed by atoms with Gasteiger partial charge in [0.15, 0.2) is 11.6 Å². The van der Waals surface area contributed by atoms with Crippen LogP contribution < -0.4 is 0 Å². The lowest BCUT2D eigenvalue weighted by atomic mass is 9.82. The molecule has 0 saturated heterocycles. The van der Waals surface area contributed by atoms with Crippen molar-refractivity contribution >= 4 is 11.6 Å². The maximum Gasteiger partial charge on any atom is 0.252 e. The Balaban J connectivity index is 1.55. The van der Waals surface area contributed by atoms with Crippen LogP contribution in [0.25, 0.3) is 17.2 Å². The minimum absolute atomic E-state index is 0.120. The first-order valence-corrected chi connectivity index (χ1v) is 9.50. The summed E-state index contributed by atoms with van der Waals surface area (Å²) in [5.41, 5.74) is 6.02. The number of carbonyl (C=O) groups excluding carboxylic acids is 1. The monoisotopic (exact) mass is 368 g/mol. The highest BCUT2D eigenvalue weighted by Crippen LogP contribution is 2.32. The van der Waals surface area contributed by atoms with Gasteiger partial charge in [-0.05, 0) is 31.7 Å². The van der Waals surface area contributed by atoms with E-state index in [4.69, 9.17) is 4.98 Å². The summed E-state index contributed by atoms with van der Waals surface area (Å²) in [6, 6.07) is 16.5. The first kappa shape index (κ1) is 16.8. The fraction of sp³-hybridized carbons (Fsp3) is 0.217. The van der Waals surface area contributed by atoms with Crippen LogP contribution in [0.5, 0.6) is 0 Å². The predicted molar refractivity (Wildman–Crippen MR) is 108 cm³/mol. The number of ketones is 1. The largest absolute Gasteiger partial charge is 0.294 e. The molecule has 0 radical (unpaired) electrons. The Morgan fingerprint density at radius 2 is 1.79 bits per heavy atom. The van der Waals surface area contributed by atoms with Crippen LogP contribution in [0, 0.1) is 13.8 Å². The van der Waals surface area contributed by atoms with Crippen LogP contribution in [0.2, 0.25) is 0 Å². The molecule has 5 heteroatoms. The van der Waals surface area contributed by atoms with E-state index >= 15 is 0 Å². The SMILES string of the molecule is Cc1ccc(-c2nc3nc4c(cn3n2)C(=O)C[C@H](c2cccc(C)c2)C4)cc1. The van der Waals surface area contributed by atoms with Crippen LogP contribution in [0.3, 0.4) is 0 Å². The van der Waals surface area contributed by atoms with Crippen LogP contribution >= 0.6 is 0 Å². The molecule has 5 nitrogen and oxygen atoms in total. The van der Waals surface area contributed by atoms with Crippen molar-refractivity contribution in [3.8, 4) is 11.4 Å². The lowest BCUT2D eigenvalue weighted by Gasteiger charge is -2.23. The standard InChI is InChI=1S/C23H20N4O/c1-14-6-8-16(9-7-14)22-25-23-24-20-11-18(17-5-3-4-15(2)10-17)12-21(28)19(20)13-27(23)26-22/h3-10,13,18H,11-12H2,1-2H3/t18-/m1/s1. The molecule has 0 N–H and O–H groups in total. The fourth-order valence-corrected chi connectivity index (χ4v) is 3.87. The van der Waals surface area contributed by atoms with Gasteiger partial charge in [-0.1, -0.05) is 59.7 Å². The molecule has 0 aliphatic heterocycles. The van der Waals surface area contributed by atoms with E-state index < -0.39 is 0 Å². The number of hydrogen-bond donors (Lipinski definition) is 0. The van der Waals surface area contributed by atoms with E-state index in [-0.39, 0.29) is 11.7 Å². The van der Waals surface area contributed by atoms with Gasteiger partial charge in [-0.2, -0.15) is 4.98 Å². The van der Waals surface area contributed by atoms with Crippen molar-refractivity contribution in [2.75, 3.05) is 0 Å². The van der Waals surface area contributed by atoms with Crippen molar-refractivity contribution < 1.29 is 4.79 Å². The van der Waals surface area contributed by atoms with Gasteiger partial charge in [0.1, 0.15) is 0 Å². The maximum atomic E-state index is 12.8. The lowest BCUT2D eigenvalue weighted by molar-refractivity contribution is 0.0962.